The van der Waals surface area contributed by atoms with Gasteiger partial charge in [0.2, 0.25) is 0 Å². The van der Waals surface area contributed by atoms with E-state index in [0.29, 0.717) is 5.58 Å². The molecule has 0 spiro atoms. The van der Waals surface area contributed by atoms with Gasteiger partial charge in [-0.05, 0) is 19.1 Å². The molecular formula is C16H17NO4. The first-order valence-electron chi connectivity index (χ1n) is 6.70. The van der Waals surface area contributed by atoms with Gasteiger partial charge in [-0.1, -0.05) is 24.3 Å². The zero-order valence-electron chi connectivity index (χ0n) is 11.9. The zero-order valence-corrected chi connectivity index (χ0v) is 11.9. The van der Waals surface area contributed by atoms with Crippen molar-refractivity contribution in [3.63, 3.8) is 0 Å². The van der Waals surface area contributed by atoms with Crippen LogP contribution in [0.2, 0.25) is 0 Å². The van der Waals surface area contributed by atoms with Crippen LogP contribution in [0.3, 0.4) is 0 Å². The highest BCUT2D eigenvalue weighted by Crippen LogP contribution is 2.20. The number of rotatable bonds is 6. The molecule has 0 saturated carbocycles. The molecular weight excluding hydrogens is 270 g/mol. The smallest absolute Gasteiger partial charge is 0.325 e. The number of carbonyl (C=O) groups is 2. The molecule has 2 rings (SSSR count). The lowest BCUT2D eigenvalue weighted by molar-refractivity contribution is -0.143. The summed E-state index contributed by atoms with van der Waals surface area (Å²) in [5, 5.41) is 0.843. The van der Waals surface area contributed by atoms with Crippen LogP contribution >= 0.6 is 0 Å². The topological polar surface area (TPSA) is 59.8 Å². The molecule has 1 aromatic carbocycles. The normalized spacial score (nSPS) is 10.3. The van der Waals surface area contributed by atoms with Crippen LogP contribution in [-0.2, 0) is 9.53 Å². The molecule has 0 atom stereocenters. The number of amides is 1. The van der Waals surface area contributed by atoms with E-state index < -0.39 is 5.97 Å². The summed E-state index contributed by atoms with van der Waals surface area (Å²) in [5.41, 5.74) is 0.635. The summed E-state index contributed by atoms with van der Waals surface area (Å²) in [4.78, 5) is 25.3. The molecule has 0 aliphatic carbocycles. The fourth-order valence-corrected chi connectivity index (χ4v) is 1.98. The van der Waals surface area contributed by atoms with Gasteiger partial charge in [0.05, 0.1) is 6.61 Å². The van der Waals surface area contributed by atoms with Crippen molar-refractivity contribution in [2.75, 3.05) is 19.7 Å². The van der Waals surface area contributed by atoms with Crippen molar-refractivity contribution in [3.05, 3.63) is 48.7 Å². The van der Waals surface area contributed by atoms with Crippen molar-refractivity contribution in [3.8, 4) is 0 Å². The molecule has 0 radical (unpaired) electrons. The molecule has 0 bridgehead atoms. The van der Waals surface area contributed by atoms with E-state index in [9.17, 15) is 9.59 Å². The fourth-order valence-electron chi connectivity index (χ4n) is 1.98. The maximum absolute atomic E-state index is 12.4. The van der Waals surface area contributed by atoms with Gasteiger partial charge in [0.1, 0.15) is 12.1 Å². The van der Waals surface area contributed by atoms with Crippen LogP contribution in [0.4, 0.5) is 0 Å². The molecule has 0 aliphatic heterocycles. The quantitative estimate of drug-likeness (QED) is 0.605. The Labute approximate surface area is 122 Å². The predicted molar refractivity (Wildman–Crippen MR) is 78.9 cm³/mol. The highest BCUT2D eigenvalue weighted by molar-refractivity contribution is 5.97. The summed E-state index contributed by atoms with van der Waals surface area (Å²) >= 11 is 0. The number of para-hydroxylation sites is 1. The summed E-state index contributed by atoms with van der Waals surface area (Å²) in [6.07, 6.45) is 1.56. The first kappa shape index (κ1) is 14.8. The van der Waals surface area contributed by atoms with Gasteiger partial charge in [0.25, 0.3) is 5.91 Å². The molecule has 1 aromatic heterocycles. The Balaban J connectivity index is 2.20. The van der Waals surface area contributed by atoms with E-state index in [1.807, 2.05) is 18.2 Å². The zero-order chi connectivity index (χ0) is 15.2. The number of nitrogens with zero attached hydrogens (tertiary/aromatic N) is 1. The number of hydrogen-bond donors (Lipinski definition) is 0. The molecule has 5 nitrogen and oxygen atoms in total. The molecule has 0 N–H and O–H groups in total. The van der Waals surface area contributed by atoms with Gasteiger partial charge >= 0.3 is 5.97 Å². The monoisotopic (exact) mass is 287 g/mol. The number of benzene rings is 1. The van der Waals surface area contributed by atoms with Gasteiger partial charge in [-0.15, -0.1) is 6.58 Å². The van der Waals surface area contributed by atoms with Crippen molar-refractivity contribution >= 4 is 22.8 Å². The Morgan fingerprint density at radius 1 is 1.38 bits per heavy atom. The van der Waals surface area contributed by atoms with E-state index >= 15 is 0 Å². The number of fused-ring (bicyclic) bond motifs is 1. The second-order valence-corrected chi connectivity index (χ2v) is 4.43. The summed E-state index contributed by atoms with van der Waals surface area (Å²) in [6.45, 7) is 5.71. The molecule has 110 valence electrons. The van der Waals surface area contributed by atoms with E-state index in [0.717, 1.165) is 5.39 Å². The highest BCUT2D eigenvalue weighted by Gasteiger charge is 2.21. The number of furan rings is 1. The van der Waals surface area contributed by atoms with Crippen molar-refractivity contribution in [1.29, 1.82) is 0 Å². The van der Waals surface area contributed by atoms with Crippen LogP contribution in [0.1, 0.15) is 17.5 Å². The van der Waals surface area contributed by atoms with E-state index in [4.69, 9.17) is 9.15 Å². The van der Waals surface area contributed by atoms with Gasteiger partial charge in [-0.25, -0.2) is 0 Å². The molecule has 5 heteroatoms. The minimum Gasteiger partial charge on any atom is -0.465 e. The molecule has 0 unspecified atom stereocenters. The summed E-state index contributed by atoms with van der Waals surface area (Å²) < 4.78 is 10.4. The molecule has 0 fully saturated rings. The first-order chi connectivity index (χ1) is 10.2. The lowest BCUT2D eigenvalue weighted by Crippen LogP contribution is -2.36. The minimum atomic E-state index is -0.455. The molecule has 0 aliphatic rings. The largest absolute Gasteiger partial charge is 0.465 e. The van der Waals surface area contributed by atoms with E-state index in [1.54, 1.807) is 25.1 Å². The molecule has 0 saturated heterocycles. The molecule has 21 heavy (non-hydrogen) atoms. The Morgan fingerprint density at radius 2 is 2.14 bits per heavy atom. The molecule has 1 amide bonds. The van der Waals surface area contributed by atoms with Gasteiger partial charge in [-0.3, -0.25) is 9.59 Å². The van der Waals surface area contributed by atoms with Crippen molar-refractivity contribution < 1.29 is 18.7 Å². The Bertz CT molecular complexity index is 626. The lowest BCUT2D eigenvalue weighted by Gasteiger charge is -2.18. The number of ether oxygens (including phenoxy) is 1. The van der Waals surface area contributed by atoms with Gasteiger partial charge in [-0.2, -0.15) is 0 Å². The van der Waals surface area contributed by atoms with Crippen molar-refractivity contribution in [2.24, 2.45) is 0 Å². The van der Waals surface area contributed by atoms with Crippen LogP contribution < -0.4 is 0 Å². The summed E-state index contributed by atoms with van der Waals surface area (Å²) in [7, 11) is 0. The third-order valence-electron chi connectivity index (χ3n) is 2.90. The van der Waals surface area contributed by atoms with Crippen molar-refractivity contribution in [1.82, 2.24) is 4.90 Å². The fraction of sp³-hybridized carbons (Fsp3) is 0.250. The van der Waals surface area contributed by atoms with Crippen LogP contribution in [0, 0.1) is 0 Å². The first-order valence-corrected chi connectivity index (χ1v) is 6.70. The Morgan fingerprint density at radius 3 is 2.81 bits per heavy atom. The van der Waals surface area contributed by atoms with Gasteiger partial charge in [0, 0.05) is 11.9 Å². The maximum Gasteiger partial charge on any atom is 0.325 e. The second kappa shape index (κ2) is 6.74. The average Bonchev–Trinajstić information content (AvgIpc) is 2.90. The van der Waals surface area contributed by atoms with Gasteiger partial charge in [0.15, 0.2) is 5.76 Å². The maximum atomic E-state index is 12.4. The number of esters is 1. The third kappa shape index (κ3) is 3.51. The lowest BCUT2D eigenvalue weighted by atomic mass is 10.2. The third-order valence-corrected chi connectivity index (χ3v) is 2.90. The van der Waals surface area contributed by atoms with Crippen molar-refractivity contribution in [2.45, 2.75) is 6.92 Å². The molecule has 1 heterocycles. The van der Waals surface area contributed by atoms with Gasteiger partial charge < -0.3 is 14.1 Å². The van der Waals surface area contributed by atoms with E-state index in [-0.39, 0.29) is 31.4 Å². The molecule has 2 aromatic rings. The minimum absolute atomic E-state index is 0.129. The SMILES string of the molecule is C=CCN(CC(=O)OCC)C(=O)c1cc2ccccc2o1. The number of carbonyl (C=O) groups excluding carboxylic acids is 2. The van der Waals surface area contributed by atoms with Crippen LogP contribution in [0.5, 0.6) is 0 Å². The van der Waals surface area contributed by atoms with Crippen LogP contribution in [0.15, 0.2) is 47.4 Å². The summed E-state index contributed by atoms with van der Waals surface area (Å²) in [6, 6.07) is 9.01. The standard InChI is InChI=1S/C16H17NO4/c1-3-9-17(11-15(18)20-4-2)16(19)14-10-12-7-5-6-8-13(12)21-14/h3,5-8,10H,1,4,9,11H2,2H3. The Hall–Kier alpha value is -2.56. The van der Waals surface area contributed by atoms with Crippen LogP contribution in [0.25, 0.3) is 11.0 Å². The highest BCUT2D eigenvalue weighted by atomic mass is 16.5. The summed E-state index contributed by atoms with van der Waals surface area (Å²) in [5.74, 6) is -0.620. The van der Waals surface area contributed by atoms with E-state index in [2.05, 4.69) is 6.58 Å². The predicted octanol–water partition coefficient (Wildman–Crippen LogP) is 2.62. The number of hydrogen-bond acceptors (Lipinski definition) is 4. The second-order valence-electron chi connectivity index (χ2n) is 4.43. The van der Waals surface area contributed by atoms with E-state index in [1.165, 1.54) is 4.90 Å². The average molecular weight is 287 g/mol. The Kier molecular flexibility index (Phi) is 4.77. The van der Waals surface area contributed by atoms with Crippen LogP contribution in [-0.4, -0.2) is 36.5 Å².